The minimum absolute atomic E-state index is 0.0790. The van der Waals surface area contributed by atoms with Crippen LogP contribution in [-0.4, -0.2) is 29.3 Å². The maximum Gasteiger partial charge on any atom is 0.309 e. The Kier molecular flexibility index (Phi) is 7.03. The standard InChI is InChI=1S/C22H23NO4S/c1-2-5-16-8-10-18(11-9-16)26-12-13-27-20-7-4-3-6-19(20)22-23-17(15-28-22)14-21(24)25/h3-4,6-11,15H,2,5,12-14H2,1H3,(H,24,25). The van der Waals surface area contributed by atoms with Gasteiger partial charge < -0.3 is 14.6 Å². The van der Waals surface area contributed by atoms with E-state index in [-0.39, 0.29) is 6.42 Å². The number of carboxylic acid groups (broad SMARTS) is 1. The molecule has 2 aromatic carbocycles. The molecule has 0 bridgehead atoms. The molecular weight excluding hydrogens is 374 g/mol. The highest BCUT2D eigenvalue weighted by Gasteiger charge is 2.12. The van der Waals surface area contributed by atoms with Gasteiger partial charge in [-0.1, -0.05) is 37.6 Å². The predicted octanol–water partition coefficient (Wildman–Crippen LogP) is 4.85. The molecule has 1 aromatic heterocycles. The molecule has 1 N–H and O–H groups in total. The number of nitrogens with zero attached hydrogens (tertiary/aromatic N) is 1. The van der Waals surface area contributed by atoms with Crippen LogP contribution in [0, 0.1) is 0 Å². The van der Waals surface area contributed by atoms with E-state index in [0.29, 0.717) is 24.7 Å². The lowest BCUT2D eigenvalue weighted by molar-refractivity contribution is -0.136. The number of hydrogen-bond acceptors (Lipinski definition) is 5. The highest BCUT2D eigenvalue weighted by atomic mass is 32.1. The molecule has 3 aromatic rings. The summed E-state index contributed by atoms with van der Waals surface area (Å²) in [6.45, 7) is 3.00. The lowest BCUT2D eigenvalue weighted by Gasteiger charge is -2.11. The molecule has 1 heterocycles. The molecule has 0 saturated carbocycles. The van der Waals surface area contributed by atoms with Gasteiger partial charge in [0.15, 0.2) is 0 Å². The van der Waals surface area contributed by atoms with Crippen molar-refractivity contribution >= 4 is 17.3 Å². The smallest absolute Gasteiger partial charge is 0.309 e. The summed E-state index contributed by atoms with van der Waals surface area (Å²) in [6.07, 6.45) is 2.12. The Bertz CT molecular complexity index is 905. The number of carboxylic acids is 1. The Labute approximate surface area is 168 Å². The van der Waals surface area contributed by atoms with Crippen LogP contribution in [0.2, 0.25) is 0 Å². The minimum atomic E-state index is -0.888. The molecule has 0 aliphatic carbocycles. The molecule has 0 saturated heterocycles. The summed E-state index contributed by atoms with van der Waals surface area (Å²) in [5.74, 6) is 0.650. The zero-order valence-electron chi connectivity index (χ0n) is 15.8. The number of aryl methyl sites for hydroxylation is 1. The van der Waals surface area contributed by atoms with Crippen molar-refractivity contribution in [3.05, 3.63) is 65.2 Å². The first-order chi connectivity index (χ1) is 13.7. The fraction of sp³-hybridized carbons (Fsp3) is 0.273. The maximum atomic E-state index is 10.8. The van der Waals surface area contributed by atoms with Gasteiger partial charge in [0.1, 0.15) is 29.7 Å². The second kappa shape index (κ2) is 9.90. The Morgan fingerprint density at radius 3 is 2.57 bits per heavy atom. The molecule has 3 rings (SSSR count). The number of rotatable bonds is 10. The van der Waals surface area contributed by atoms with Gasteiger partial charge in [0.25, 0.3) is 0 Å². The van der Waals surface area contributed by atoms with Crippen LogP contribution in [0.5, 0.6) is 11.5 Å². The number of ether oxygens (including phenoxy) is 2. The van der Waals surface area contributed by atoms with Gasteiger partial charge in [0.2, 0.25) is 0 Å². The lowest BCUT2D eigenvalue weighted by Crippen LogP contribution is -2.09. The molecule has 5 nitrogen and oxygen atoms in total. The molecule has 6 heteroatoms. The van der Waals surface area contributed by atoms with Gasteiger partial charge in [-0.15, -0.1) is 11.3 Å². The number of benzene rings is 2. The summed E-state index contributed by atoms with van der Waals surface area (Å²) in [6, 6.07) is 15.8. The zero-order valence-corrected chi connectivity index (χ0v) is 16.6. The summed E-state index contributed by atoms with van der Waals surface area (Å²) in [4.78, 5) is 15.3. The third-order valence-corrected chi connectivity index (χ3v) is 5.00. The van der Waals surface area contributed by atoms with E-state index < -0.39 is 5.97 Å². The van der Waals surface area contributed by atoms with Gasteiger partial charge in [-0.25, -0.2) is 4.98 Å². The Morgan fingerprint density at radius 2 is 1.82 bits per heavy atom. The van der Waals surface area contributed by atoms with Gasteiger partial charge in [-0.3, -0.25) is 4.79 Å². The van der Waals surface area contributed by atoms with Crippen molar-refractivity contribution in [3.63, 3.8) is 0 Å². The molecule has 0 spiro atoms. The first-order valence-corrected chi connectivity index (χ1v) is 10.1. The highest BCUT2D eigenvalue weighted by molar-refractivity contribution is 7.13. The van der Waals surface area contributed by atoms with E-state index in [2.05, 4.69) is 24.0 Å². The van der Waals surface area contributed by atoms with Gasteiger partial charge in [-0.2, -0.15) is 0 Å². The minimum Gasteiger partial charge on any atom is -0.490 e. The van der Waals surface area contributed by atoms with E-state index in [1.54, 1.807) is 5.38 Å². The largest absolute Gasteiger partial charge is 0.490 e. The fourth-order valence-corrected chi connectivity index (χ4v) is 3.64. The number of aliphatic carboxylic acids is 1. The molecule has 0 radical (unpaired) electrons. The predicted molar refractivity (Wildman–Crippen MR) is 110 cm³/mol. The van der Waals surface area contributed by atoms with E-state index >= 15 is 0 Å². The van der Waals surface area contributed by atoms with Gasteiger partial charge in [0, 0.05) is 5.38 Å². The highest BCUT2D eigenvalue weighted by Crippen LogP contribution is 2.32. The van der Waals surface area contributed by atoms with Crippen LogP contribution in [0.4, 0.5) is 0 Å². The number of hydrogen-bond donors (Lipinski definition) is 1. The summed E-state index contributed by atoms with van der Waals surface area (Å²) in [5.41, 5.74) is 2.72. The molecule has 146 valence electrons. The van der Waals surface area contributed by atoms with Crippen LogP contribution < -0.4 is 9.47 Å². The normalized spacial score (nSPS) is 10.6. The average molecular weight is 397 g/mol. The topological polar surface area (TPSA) is 68.7 Å². The number of carbonyl (C=O) groups is 1. The van der Waals surface area contributed by atoms with Gasteiger partial charge in [0.05, 0.1) is 17.7 Å². The number of aromatic nitrogens is 1. The van der Waals surface area contributed by atoms with Crippen LogP contribution in [0.15, 0.2) is 53.9 Å². The van der Waals surface area contributed by atoms with E-state index in [1.807, 2.05) is 36.4 Å². The summed E-state index contributed by atoms with van der Waals surface area (Å²) in [7, 11) is 0. The molecule has 28 heavy (non-hydrogen) atoms. The fourth-order valence-electron chi connectivity index (χ4n) is 2.79. The van der Waals surface area contributed by atoms with Gasteiger partial charge >= 0.3 is 5.97 Å². The van der Waals surface area contributed by atoms with Crippen molar-refractivity contribution in [1.82, 2.24) is 4.98 Å². The SMILES string of the molecule is CCCc1ccc(OCCOc2ccccc2-c2nc(CC(=O)O)cs2)cc1. The first-order valence-electron chi connectivity index (χ1n) is 9.26. The van der Waals surface area contributed by atoms with Crippen molar-refractivity contribution in [2.75, 3.05) is 13.2 Å². The van der Waals surface area contributed by atoms with Crippen LogP contribution in [0.1, 0.15) is 24.6 Å². The van der Waals surface area contributed by atoms with E-state index in [0.717, 1.165) is 29.2 Å². The summed E-state index contributed by atoms with van der Waals surface area (Å²) < 4.78 is 11.6. The zero-order chi connectivity index (χ0) is 19.8. The molecule has 0 aliphatic rings. The van der Waals surface area contributed by atoms with E-state index in [1.165, 1.54) is 16.9 Å². The molecule has 0 amide bonds. The molecule has 0 unspecified atom stereocenters. The van der Waals surface area contributed by atoms with Crippen molar-refractivity contribution in [2.24, 2.45) is 0 Å². The second-order valence-corrected chi connectivity index (χ2v) is 7.16. The first kappa shape index (κ1) is 19.9. The third kappa shape index (κ3) is 5.57. The van der Waals surface area contributed by atoms with Gasteiger partial charge in [-0.05, 0) is 36.2 Å². The van der Waals surface area contributed by atoms with E-state index in [4.69, 9.17) is 14.6 Å². The van der Waals surface area contributed by atoms with E-state index in [9.17, 15) is 4.79 Å². The quantitative estimate of drug-likeness (QED) is 0.496. The monoisotopic (exact) mass is 397 g/mol. The Morgan fingerprint density at radius 1 is 1.07 bits per heavy atom. The van der Waals surface area contributed by atoms with Crippen molar-refractivity contribution < 1.29 is 19.4 Å². The second-order valence-electron chi connectivity index (χ2n) is 6.30. The molecule has 0 fully saturated rings. The van der Waals surface area contributed by atoms with Crippen LogP contribution in [0.3, 0.4) is 0 Å². The van der Waals surface area contributed by atoms with Crippen molar-refractivity contribution in [3.8, 4) is 22.1 Å². The van der Waals surface area contributed by atoms with Crippen molar-refractivity contribution in [2.45, 2.75) is 26.2 Å². The molecular formula is C22H23NO4S. The number of thiazole rings is 1. The Hall–Kier alpha value is -2.86. The summed E-state index contributed by atoms with van der Waals surface area (Å²) >= 11 is 1.41. The molecule has 0 atom stereocenters. The third-order valence-electron chi connectivity index (χ3n) is 4.07. The summed E-state index contributed by atoms with van der Waals surface area (Å²) in [5, 5.41) is 11.4. The van der Waals surface area contributed by atoms with Crippen LogP contribution in [0.25, 0.3) is 10.6 Å². The van der Waals surface area contributed by atoms with Crippen molar-refractivity contribution in [1.29, 1.82) is 0 Å². The average Bonchev–Trinajstić information content (AvgIpc) is 3.14. The van der Waals surface area contributed by atoms with Crippen LogP contribution in [-0.2, 0) is 17.6 Å². The Balaban J connectivity index is 1.56. The maximum absolute atomic E-state index is 10.8. The molecule has 0 aliphatic heterocycles. The van der Waals surface area contributed by atoms with Crippen LogP contribution >= 0.6 is 11.3 Å². The number of para-hydroxylation sites is 1. The lowest BCUT2D eigenvalue weighted by atomic mass is 10.1.